The van der Waals surface area contributed by atoms with Crippen LogP contribution < -0.4 is 10.2 Å². The van der Waals surface area contributed by atoms with Crippen molar-refractivity contribution in [3.63, 3.8) is 0 Å². The van der Waals surface area contributed by atoms with Gasteiger partial charge in [-0.3, -0.25) is 9.59 Å². The fourth-order valence-corrected chi connectivity index (χ4v) is 2.93. The molecule has 1 saturated heterocycles. The first-order valence-electron chi connectivity index (χ1n) is 6.72. The van der Waals surface area contributed by atoms with E-state index in [1.54, 1.807) is 18.7 Å². The number of hydrogen-bond acceptors (Lipinski definition) is 2. The third-order valence-electron chi connectivity index (χ3n) is 3.93. The third-order valence-corrected chi connectivity index (χ3v) is 3.93. The summed E-state index contributed by atoms with van der Waals surface area (Å²) in [5, 5.41) is 2.73. The first kappa shape index (κ1) is 12.2. The van der Waals surface area contributed by atoms with E-state index in [0.29, 0.717) is 0 Å². The number of carbonyl (C=O) groups excluding carboxylic acids is 2. The summed E-state index contributed by atoms with van der Waals surface area (Å²) in [5.74, 6) is -0.157. The van der Waals surface area contributed by atoms with Gasteiger partial charge in [0.25, 0.3) is 5.91 Å². The number of hydrogen-bond donors (Lipinski definition) is 1. The molecule has 0 atom stereocenters. The molecule has 1 N–H and O–H groups in total. The quantitative estimate of drug-likeness (QED) is 0.828. The molecule has 3 rings (SSSR count). The van der Waals surface area contributed by atoms with Crippen LogP contribution in [0.25, 0.3) is 0 Å². The Morgan fingerprint density at radius 1 is 1.16 bits per heavy atom. The topological polar surface area (TPSA) is 49.4 Å². The van der Waals surface area contributed by atoms with Gasteiger partial charge in [-0.2, -0.15) is 0 Å². The van der Waals surface area contributed by atoms with Crippen LogP contribution >= 0.6 is 0 Å². The van der Waals surface area contributed by atoms with E-state index < -0.39 is 5.54 Å². The summed E-state index contributed by atoms with van der Waals surface area (Å²) < 4.78 is 0. The molecule has 4 nitrogen and oxygen atoms in total. The van der Waals surface area contributed by atoms with Gasteiger partial charge < -0.3 is 10.2 Å². The maximum atomic E-state index is 12.4. The van der Waals surface area contributed by atoms with E-state index in [-0.39, 0.29) is 18.4 Å². The summed E-state index contributed by atoms with van der Waals surface area (Å²) in [6.45, 7) is 3.60. The maximum absolute atomic E-state index is 12.4. The maximum Gasteiger partial charge on any atom is 0.252 e. The van der Waals surface area contributed by atoms with Crippen LogP contribution in [0.5, 0.6) is 0 Å². The molecule has 1 fully saturated rings. The number of nitrogens with one attached hydrogen (secondary N) is 1. The average Bonchev–Trinajstić information content (AvgIpc) is 2.80. The van der Waals surface area contributed by atoms with Crippen LogP contribution in [0.1, 0.15) is 31.4 Å². The lowest BCUT2D eigenvalue weighted by Crippen LogP contribution is -2.64. The van der Waals surface area contributed by atoms with Crippen LogP contribution in [0.2, 0.25) is 0 Å². The summed E-state index contributed by atoms with van der Waals surface area (Å²) in [4.78, 5) is 25.7. The van der Waals surface area contributed by atoms with Gasteiger partial charge in [0.1, 0.15) is 12.1 Å². The van der Waals surface area contributed by atoms with Crippen molar-refractivity contribution >= 4 is 17.5 Å². The molecule has 0 spiro atoms. The van der Waals surface area contributed by atoms with E-state index >= 15 is 0 Å². The summed E-state index contributed by atoms with van der Waals surface area (Å²) in [5.41, 5.74) is 2.70. The molecule has 4 heteroatoms. The molecule has 0 unspecified atom stereocenters. The van der Waals surface area contributed by atoms with Gasteiger partial charge in [0.2, 0.25) is 5.91 Å². The highest BCUT2D eigenvalue weighted by Crippen LogP contribution is 2.28. The van der Waals surface area contributed by atoms with Crippen molar-refractivity contribution < 1.29 is 9.59 Å². The molecule has 1 aliphatic carbocycles. The van der Waals surface area contributed by atoms with Crippen molar-refractivity contribution in [1.29, 1.82) is 0 Å². The minimum Gasteiger partial charge on any atom is -0.341 e. The van der Waals surface area contributed by atoms with Crippen LogP contribution in [-0.4, -0.2) is 23.9 Å². The number of rotatable bonds is 1. The lowest BCUT2D eigenvalue weighted by atomic mass is 9.99. The van der Waals surface area contributed by atoms with Gasteiger partial charge in [-0.05, 0) is 56.4 Å². The van der Waals surface area contributed by atoms with Crippen LogP contribution in [0.15, 0.2) is 18.2 Å². The molecule has 0 aromatic heterocycles. The highest BCUT2D eigenvalue weighted by Gasteiger charge is 2.39. The molecule has 19 heavy (non-hydrogen) atoms. The number of aryl methyl sites for hydroxylation is 2. The van der Waals surface area contributed by atoms with Gasteiger partial charge >= 0.3 is 0 Å². The number of benzene rings is 1. The zero-order valence-electron chi connectivity index (χ0n) is 11.3. The van der Waals surface area contributed by atoms with Gasteiger partial charge in [-0.25, -0.2) is 0 Å². The predicted molar refractivity (Wildman–Crippen MR) is 73.0 cm³/mol. The SMILES string of the molecule is CC1(C)NC(=O)CN(c2ccc3c(c2)CCC3)C1=O. The highest BCUT2D eigenvalue weighted by molar-refractivity contribution is 6.08. The Morgan fingerprint density at radius 3 is 2.68 bits per heavy atom. The lowest BCUT2D eigenvalue weighted by molar-refractivity contribution is -0.134. The van der Waals surface area contributed by atoms with E-state index in [2.05, 4.69) is 17.4 Å². The van der Waals surface area contributed by atoms with Crippen molar-refractivity contribution in [3.05, 3.63) is 29.3 Å². The van der Waals surface area contributed by atoms with E-state index in [9.17, 15) is 9.59 Å². The van der Waals surface area contributed by atoms with Gasteiger partial charge in [-0.1, -0.05) is 6.07 Å². The van der Waals surface area contributed by atoms with E-state index in [1.807, 2.05) is 6.07 Å². The standard InChI is InChI=1S/C15H18N2O2/c1-15(2)14(19)17(9-13(18)16-15)12-7-6-10-4-3-5-11(10)8-12/h6-8H,3-5,9H2,1-2H3,(H,16,18). The third kappa shape index (κ3) is 2.01. The van der Waals surface area contributed by atoms with Gasteiger partial charge in [0.15, 0.2) is 0 Å². The van der Waals surface area contributed by atoms with E-state index in [4.69, 9.17) is 0 Å². The minimum absolute atomic E-state index is 0.0509. The fourth-order valence-electron chi connectivity index (χ4n) is 2.93. The zero-order chi connectivity index (χ0) is 13.6. The number of amides is 2. The molecular formula is C15H18N2O2. The normalized spacial score (nSPS) is 21.3. The zero-order valence-corrected chi connectivity index (χ0v) is 11.3. The average molecular weight is 258 g/mol. The minimum atomic E-state index is -0.825. The van der Waals surface area contributed by atoms with Crippen molar-refractivity contribution in [3.8, 4) is 0 Å². The molecule has 1 aromatic carbocycles. The molecule has 100 valence electrons. The largest absolute Gasteiger partial charge is 0.341 e. The Hall–Kier alpha value is -1.84. The van der Waals surface area contributed by atoms with Crippen molar-refractivity contribution in [2.45, 2.75) is 38.6 Å². The van der Waals surface area contributed by atoms with Crippen LogP contribution in [0.3, 0.4) is 0 Å². The second-order valence-electron chi connectivity index (χ2n) is 5.87. The summed E-state index contributed by atoms with van der Waals surface area (Å²) in [6.07, 6.45) is 3.37. The molecule has 0 saturated carbocycles. The Balaban J connectivity index is 1.97. The summed E-state index contributed by atoms with van der Waals surface area (Å²) >= 11 is 0. The number of nitrogens with zero attached hydrogens (tertiary/aromatic N) is 1. The second-order valence-corrected chi connectivity index (χ2v) is 5.87. The van der Waals surface area contributed by atoms with Gasteiger partial charge in [0.05, 0.1) is 0 Å². The molecule has 0 bridgehead atoms. The molecule has 0 radical (unpaired) electrons. The number of carbonyl (C=O) groups is 2. The Kier molecular flexibility index (Phi) is 2.62. The smallest absolute Gasteiger partial charge is 0.252 e. The molecule has 1 aliphatic heterocycles. The second kappa shape index (κ2) is 4.08. The lowest BCUT2D eigenvalue weighted by Gasteiger charge is -2.37. The first-order valence-corrected chi connectivity index (χ1v) is 6.72. The van der Waals surface area contributed by atoms with Crippen molar-refractivity contribution in [1.82, 2.24) is 5.32 Å². The number of anilines is 1. The van der Waals surface area contributed by atoms with Crippen molar-refractivity contribution in [2.75, 3.05) is 11.4 Å². The predicted octanol–water partition coefficient (Wildman–Crippen LogP) is 1.42. The molecular weight excluding hydrogens is 240 g/mol. The summed E-state index contributed by atoms with van der Waals surface area (Å²) in [7, 11) is 0. The number of fused-ring (bicyclic) bond motifs is 1. The number of piperazine rings is 1. The Labute approximate surface area is 112 Å². The Morgan fingerprint density at radius 2 is 1.89 bits per heavy atom. The molecule has 1 heterocycles. The molecule has 2 amide bonds. The van der Waals surface area contributed by atoms with E-state index in [1.165, 1.54) is 17.5 Å². The monoisotopic (exact) mass is 258 g/mol. The van der Waals surface area contributed by atoms with Gasteiger partial charge in [0, 0.05) is 5.69 Å². The first-order chi connectivity index (χ1) is 8.97. The van der Waals surface area contributed by atoms with Crippen LogP contribution in [0.4, 0.5) is 5.69 Å². The Bertz CT molecular complexity index is 563. The van der Waals surface area contributed by atoms with Crippen molar-refractivity contribution in [2.24, 2.45) is 0 Å². The van der Waals surface area contributed by atoms with Crippen LogP contribution in [0, 0.1) is 0 Å². The fraction of sp³-hybridized carbons (Fsp3) is 0.467. The summed E-state index contributed by atoms with van der Waals surface area (Å²) in [6, 6.07) is 6.11. The van der Waals surface area contributed by atoms with E-state index in [0.717, 1.165) is 18.5 Å². The molecule has 2 aliphatic rings. The van der Waals surface area contributed by atoms with Crippen LogP contribution in [-0.2, 0) is 22.4 Å². The molecule has 1 aromatic rings. The van der Waals surface area contributed by atoms with Gasteiger partial charge in [-0.15, -0.1) is 0 Å². The highest BCUT2D eigenvalue weighted by atomic mass is 16.2.